The number of hydrogen-bond donors (Lipinski definition) is 2. The predicted molar refractivity (Wildman–Crippen MR) is 99.2 cm³/mol. The third kappa shape index (κ3) is 3.93. The van der Waals surface area contributed by atoms with Crippen molar-refractivity contribution in [1.82, 2.24) is 14.5 Å². The van der Waals surface area contributed by atoms with Crippen LogP contribution in [-0.2, 0) is 0 Å². The summed E-state index contributed by atoms with van der Waals surface area (Å²) in [6.07, 6.45) is 5.89. The molecule has 2 N–H and O–H groups in total. The van der Waals surface area contributed by atoms with Crippen LogP contribution in [0.15, 0.2) is 55.0 Å². The molecular formula is C19H23N5. The van der Waals surface area contributed by atoms with Gasteiger partial charge in [0.1, 0.15) is 5.82 Å². The van der Waals surface area contributed by atoms with Crippen LogP contribution in [-0.4, -0.2) is 20.1 Å². The molecule has 0 aliphatic rings. The molecule has 2 heterocycles. The van der Waals surface area contributed by atoms with Gasteiger partial charge in [0.05, 0.1) is 0 Å². The van der Waals surface area contributed by atoms with Crippen LogP contribution in [0.25, 0.3) is 5.69 Å². The van der Waals surface area contributed by atoms with Crippen molar-refractivity contribution in [2.75, 3.05) is 10.6 Å². The first-order valence-electron chi connectivity index (χ1n) is 8.03. The maximum atomic E-state index is 4.61. The molecule has 0 atom stereocenters. The van der Waals surface area contributed by atoms with Gasteiger partial charge in [0.15, 0.2) is 0 Å². The fourth-order valence-electron chi connectivity index (χ4n) is 2.35. The summed E-state index contributed by atoms with van der Waals surface area (Å²) < 4.78 is 2.07. The fraction of sp³-hybridized carbons (Fsp3) is 0.263. The van der Waals surface area contributed by atoms with Crippen LogP contribution in [0.5, 0.6) is 0 Å². The number of hydrogen-bond acceptors (Lipinski definition) is 4. The van der Waals surface area contributed by atoms with Crippen molar-refractivity contribution >= 4 is 17.5 Å². The molecule has 0 radical (unpaired) electrons. The minimum Gasteiger partial charge on any atom is -0.350 e. The third-order valence-corrected chi connectivity index (χ3v) is 3.47. The fourth-order valence-corrected chi connectivity index (χ4v) is 2.35. The van der Waals surface area contributed by atoms with Crippen molar-refractivity contribution in [3.05, 3.63) is 60.6 Å². The molecule has 5 nitrogen and oxygen atoms in total. The first kappa shape index (κ1) is 16.1. The Morgan fingerprint density at radius 1 is 1.04 bits per heavy atom. The zero-order valence-electron chi connectivity index (χ0n) is 14.5. The Labute approximate surface area is 142 Å². The molecular weight excluding hydrogens is 298 g/mol. The first-order valence-corrected chi connectivity index (χ1v) is 8.03. The van der Waals surface area contributed by atoms with E-state index in [0.717, 1.165) is 22.8 Å². The van der Waals surface area contributed by atoms with Gasteiger partial charge in [0.25, 0.3) is 0 Å². The lowest BCUT2D eigenvalue weighted by molar-refractivity contribution is 0.626. The summed E-state index contributed by atoms with van der Waals surface area (Å²) in [5.74, 6) is 1.43. The van der Waals surface area contributed by atoms with E-state index < -0.39 is 0 Å². The van der Waals surface area contributed by atoms with E-state index in [4.69, 9.17) is 0 Å². The van der Waals surface area contributed by atoms with E-state index in [1.54, 1.807) is 0 Å². The van der Waals surface area contributed by atoms with Crippen molar-refractivity contribution in [3.63, 3.8) is 0 Å². The van der Waals surface area contributed by atoms with Crippen LogP contribution >= 0.6 is 0 Å². The Balaban J connectivity index is 1.86. The zero-order chi connectivity index (χ0) is 17.2. The molecule has 2 aromatic heterocycles. The number of benzene rings is 1. The molecule has 0 spiro atoms. The summed E-state index contributed by atoms with van der Waals surface area (Å²) in [6.45, 7) is 8.26. The van der Waals surface area contributed by atoms with Gasteiger partial charge in [-0.15, -0.1) is 0 Å². The topological polar surface area (TPSA) is 54.8 Å². The zero-order valence-corrected chi connectivity index (χ0v) is 14.5. The van der Waals surface area contributed by atoms with E-state index in [1.807, 2.05) is 49.8 Å². The molecule has 124 valence electrons. The molecule has 0 bridgehead atoms. The molecule has 0 saturated carbocycles. The van der Waals surface area contributed by atoms with Crippen molar-refractivity contribution in [2.45, 2.75) is 33.2 Å². The average molecular weight is 321 g/mol. The second-order valence-electron chi connectivity index (χ2n) is 6.87. The number of nitrogens with one attached hydrogen (secondary N) is 2. The van der Waals surface area contributed by atoms with Crippen molar-refractivity contribution in [1.29, 1.82) is 0 Å². The molecule has 0 unspecified atom stereocenters. The van der Waals surface area contributed by atoms with Gasteiger partial charge in [0.2, 0.25) is 5.95 Å². The van der Waals surface area contributed by atoms with Gasteiger partial charge in [-0.1, -0.05) is 6.07 Å². The monoisotopic (exact) mass is 321 g/mol. The predicted octanol–water partition coefficient (Wildman–Crippen LogP) is 4.53. The summed E-state index contributed by atoms with van der Waals surface area (Å²) in [7, 11) is 0. The van der Waals surface area contributed by atoms with Crippen LogP contribution < -0.4 is 10.6 Å². The second-order valence-corrected chi connectivity index (χ2v) is 6.87. The summed E-state index contributed by atoms with van der Waals surface area (Å²) in [5, 5.41) is 6.70. The highest BCUT2D eigenvalue weighted by atomic mass is 15.2. The van der Waals surface area contributed by atoms with E-state index in [9.17, 15) is 0 Å². The maximum Gasteiger partial charge on any atom is 0.225 e. The molecule has 0 aliphatic heterocycles. The van der Waals surface area contributed by atoms with Crippen LogP contribution in [0, 0.1) is 6.92 Å². The molecule has 3 aromatic rings. The Hall–Kier alpha value is -2.82. The molecule has 1 aromatic carbocycles. The SMILES string of the molecule is Cc1cnc(NC(C)(C)C)nc1Nc1cccc(-n2cccc2)c1. The van der Waals surface area contributed by atoms with Crippen LogP contribution in [0.4, 0.5) is 17.5 Å². The summed E-state index contributed by atoms with van der Waals surface area (Å²) >= 11 is 0. The summed E-state index contributed by atoms with van der Waals surface area (Å²) in [6, 6.07) is 12.3. The molecule has 3 rings (SSSR count). The Morgan fingerprint density at radius 3 is 2.50 bits per heavy atom. The Kier molecular flexibility index (Phi) is 4.25. The van der Waals surface area contributed by atoms with Crippen LogP contribution in [0.1, 0.15) is 26.3 Å². The largest absolute Gasteiger partial charge is 0.350 e. The lowest BCUT2D eigenvalue weighted by atomic mass is 10.1. The second kappa shape index (κ2) is 6.35. The van der Waals surface area contributed by atoms with Crippen molar-refractivity contribution in [3.8, 4) is 5.69 Å². The number of anilines is 3. The molecule has 0 fully saturated rings. The number of aryl methyl sites for hydroxylation is 1. The lowest BCUT2D eigenvalue weighted by Crippen LogP contribution is -2.27. The van der Waals surface area contributed by atoms with E-state index >= 15 is 0 Å². The van der Waals surface area contributed by atoms with Gasteiger partial charge in [-0.3, -0.25) is 0 Å². The highest BCUT2D eigenvalue weighted by Gasteiger charge is 2.12. The molecule has 24 heavy (non-hydrogen) atoms. The van der Waals surface area contributed by atoms with Gasteiger partial charge < -0.3 is 15.2 Å². The molecule has 0 saturated heterocycles. The number of nitrogens with zero attached hydrogens (tertiary/aromatic N) is 3. The van der Waals surface area contributed by atoms with Gasteiger partial charge in [-0.25, -0.2) is 4.98 Å². The lowest BCUT2D eigenvalue weighted by Gasteiger charge is -2.21. The summed E-state index contributed by atoms with van der Waals surface area (Å²) in [4.78, 5) is 8.96. The highest BCUT2D eigenvalue weighted by Crippen LogP contribution is 2.22. The Bertz CT molecular complexity index is 816. The van der Waals surface area contributed by atoms with Crippen molar-refractivity contribution < 1.29 is 0 Å². The van der Waals surface area contributed by atoms with Gasteiger partial charge in [0, 0.05) is 41.1 Å². The number of rotatable bonds is 4. The number of aromatic nitrogens is 3. The van der Waals surface area contributed by atoms with E-state index in [1.165, 1.54) is 0 Å². The van der Waals surface area contributed by atoms with Gasteiger partial charge in [-0.05, 0) is 58.0 Å². The van der Waals surface area contributed by atoms with E-state index in [-0.39, 0.29) is 5.54 Å². The van der Waals surface area contributed by atoms with Crippen LogP contribution in [0.3, 0.4) is 0 Å². The highest BCUT2D eigenvalue weighted by molar-refractivity contribution is 5.62. The van der Waals surface area contributed by atoms with E-state index in [0.29, 0.717) is 5.95 Å². The Morgan fingerprint density at radius 2 is 1.79 bits per heavy atom. The molecule has 0 amide bonds. The molecule has 5 heteroatoms. The minimum atomic E-state index is -0.0825. The van der Waals surface area contributed by atoms with E-state index in [2.05, 4.69) is 58.1 Å². The third-order valence-electron chi connectivity index (χ3n) is 3.47. The van der Waals surface area contributed by atoms with Gasteiger partial charge >= 0.3 is 0 Å². The molecule has 0 aliphatic carbocycles. The van der Waals surface area contributed by atoms with Gasteiger partial charge in [-0.2, -0.15) is 4.98 Å². The smallest absolute Gasteiger partial charge is 0.225 e. The standard InChI is InChI=1S/C19H23N5/c1-14-13-20-18(23-19(2,3)4)22-17(14)21-15-8-7-9-16(12-15)24-10-5-6-11-24/h5-13H,1-4H3,(H2,20,21,22,23). The summed E-state index contributed by atoms with van der Waals surface area (Å²) in [5.41, 5.74) is 3.01. The van der Waals surface area contributed by atoms with Crippen molar-refractivity contribution in [2.24, 2.45) is 0 Å². The maximum absolute atomic E-state index is 4.61. The minimum absolute atomic E-state index is 0.0825. The average Bonchev–Trinajstić information content (AvgIpc) is 3.04. The first-order chi connectivity index (χ1) is 11.4. The quantitative estimate of drug-likeness (QED) is 0.741. The normalized spacial score (nSPS) is 11.3. The van der Waals surface area contributed by atoms with Crippen LogP contribution in [0.2, 0.25) is 0 Å².